The van der Waals surface area contributed by atoms with Gasteiger partial charge in [0.25, 0.3) is 0 Å². The van der Waals surface area contributed by atoms with Gasteiger partial charge in [-0.25, -0.2) is 0 Å². The van der Waals surface area contributed by atoms with Crippen LogP contribution in [-0.2, 0) is 13.1 Å². The molecule has 0 N–H and O–H groups in total. The molecule has 0 bridgehead atoms. The molecule has 2 aromatic carbocycles. The second-order valence-electron chi connectivity index (χ2n) is 12.2. The van der Waals surface area contributed by atoms with E-state index in [-0.39, 0.29) is 0 Å². The molecule has 0 aliphatic carbocycles. The van der Waals surface area contributed by atoms with Gasteiger partial charge < -0.3 is 0 Å². The van der Waals surface area contributed by atoms with Crippen LogP contribution in [0.3, 0.4) is 0 Å². The average molecular weight is 549 g/mol. The fraction of sp³-hybridized carbons (Fsp3) is 0.684. The van der Waals surface area contributed by atoms with Gasteiger partial charge in [-0.05, 0) is 86.2 Å². The van der Waals surface area contributed by atoms with Crippen LogP contribution in [0.2, 0.25) is 0 Å². The summed E-state index contributed by atoms with van der Waals surface area (Å²) in [5.74, 6) is 0. The lowest BCUT2D eigenvalue weighted by Gasteiger charge is -2.23. The van der Waals surface area contributed by atoms with E-state index in [1.165, 1.54) is 151 Å². The Hall–Kier alpha value is -1.64. The van der Waals surface area contributed by atoms with Crippen molar-refractivity contribution in [2.45, 2.75) is 144 Å². The molecule has 0 spiro atoms. The first-order chi connectivity index (χ1) is 19.7. The van der Waals surface area contributed by atoms with Crippen LogP contribution in [0.5, 0.6) is 0 Å². The van der Waals surface area contributed by atoms with Gasteiger partial charge in [0.2, 0.25) is 0 Å². The number of hydrogen-bond donors (Lipinski definition) is 0. The van der Waals surface area contributed by atoms with Crippen LogP contribution in [-0.4, -0.2) is 36.0 Å². The molecule has 0 saturated carbocycles. The minimum Gasteiger partial charge on any atom is -0.299 e. The number of nitrogens with zero attached hydrogens (tertiary/aromatic N) is 2. The quantitative estimate of drug-likeness (QED) is 0.114. The Morgan fingerprint density at radius 3 is 1.02 bits per heavy atom. The summed E-state index contributed by atoms with van der Waals surface area (Å²) in [6, 6.07) is 18.8. The van der Waals surface area contributed by atoms with Crippen LogP contribution >= 0.6 is 0 Å². The first-order valence-corrected chi connectivity index (χ1v) is 17.3. The molecule has 0 fully saturated rings. The third-order valence-electron chi connectivity index (χ3n) is 8.31. The van der Waals surface area contributed by atoms with Crippen molar-refractivity contribution < 1.29 is 0 Å². The summed E-state index contributed by atoms with van der Waals surface area (Å²) >= 11 is 0. The lowest BCUT2D eigenvalue weighted by molar-refractivity contribution is 0.252. The van der Waals surface area contributed by atoms with E-state index < -0.39 is 0 Å². The van der Waals surface area contributed by atoms with Crippen LogP contribution in [0, 0.1) is 0 Å². The van der Waals surface area contributed by atoms with E-state index in [2.05, 4.69) is 86.0 Å². The van der Waals surface area contributed by atoms with Crippen LogP contribution < -0.4 is 0 Å². The zero-order chi connectivity index (χ0) is 28.7. The standard InChI is InChI=1S/C38H64N2/c1-5-9-13-17-27-39(28-18-14-10-6-2)33-35-23-21-25-37(31-35)38-26-22-24-36(32-38)34-40(29-19-15-11-7-3)30-20-16-12-8-4/h21-26,31-32H,5-20,27-30,33-34H2,1-4H3. The average Bonchev–Trinajstić information content (AvgIpc) is 2.98. The van der Waals surface area contributed by atoms with Crippen molar-refractivity contribution in [3.8, 4) is 11.1 Å². The van der Waals surface area contributed by atoms with E-state index in [1.54, 1.807) is 0 Å². The molecule has 2 rings (SSSR count). The Bertz CT molecular complexity index is 765. The Kier molecular flexibility index (Phi) is 19.9. The lowest BCUT2D eigenvalue weighted by Crippen LogP contribution is -2.26. The van der Waals surface area contributed by atoms with Gasteiger partial charge in [-0.3, -0.25) is 9.80 Å². The summed E-state index contributed by atoms with van der Waals surface area (Å²) in [7, 11) is 0. The molecule has 2 aromatic rings. The van der Waals surface area contributed by atoms with Crippen LogP contribution in [0.1, 0.15) is 142 Å². The summed E-state index contributed by atoms with van der Waals surface area (Å²) in [5.41, 5.74) is 5.66. The normalized spacial score (nSPS) is 11.7. The largest absolute Gasteiger partial charge is 0.299 e. The van der Waals surface area contributed by atoms with Crippen molar-refractivity contribution in [3.63, 3.8) is 0 Å². The number of rotatable bonds is 25. The molecule has 0 heterocycles. The zero-order valence-corrected chi connectivity index (χ0v) is 27.1. The maximum Gasteiger partial charge on any atom is 0.0233 e. The third-order valence-corrected chi connectivity index (χ3v) is 8.31. The minimum atomic E-state index is 1.08. The fourth-order valence-corrected chi connectivity index (χ4v) is 5.80. The maximum absolute atomic E-state index is 2.72. The van der Waals surface area contributed by atoms with E-state index in [9.17, 15) is 0 Å². The van der Waals surface area contributed by atoms with Gasteiger partial charge in [-0.2, -0.15) is 0 Å². The Morgan fingerprint density at radius 2 is 0.725 bits per heavy atom. The summed E-state index contributed by atoms with van der Waals surface area (Å²) in [5, 5.41) is 0. The van der Waals surface area contributed by atoms with E-state index in [4.69, 9.17) is 0 Å². The molecule has 0 atom stereocenters. The van der Waals surface area contributed by atoms with Crippen molar-refractivity contribution in [2.75, 3.05) is 26.2 Å². The first kappa shape index (κ1) is 34.6. The monoisotopic (exact) mass is 549 g/mol. The first-order valence-electron chi connectivity index (χ1n) is 17.3. The molecule has 0 unspecified atom stereocenters. The topological polar surface area (TPSA) is 6.48 Å². The summed E-state index contributed by atoms with van der Waals surface area (Å²) in [6.07, 6.45) is 21.5. The molecular formula is C38H64N2. The molecule has 0 aliphatic heterocycles. The van der Waals surface area contributed by atoms with Crippen molar-refractivity contribution >= 4 is 0 Å². The zero-order valence-electron chi connectivity index (χ0n) is 27.1. The molecule has 0 radical (unpaired) electrons. The molecule has 0 saturated heterocycles. The Labute approximate surface area is 249 Å². The van der Waals surface area contributed by atoms with E-state index in [0.29, 0.717) is 0 Å². The van der Waals surface area contributed by atoms with Crippen molar-refractivity contribution in [1.82, 2.24) is 9.80 Å². The molecule has 0 amide bonds. The number of hydrogen-bond acceptors (Lipinski definition) is 2. The van der Waals surface area contributed by atoms with Gasteiger partial charge >= 0.3 is 0 Å². The molecular weight excluding hydrogens is 484 g/mol. The van der Waals surface area contributed by atoms with E-state index >= 15 is 0 Å². The predicted molar refractivity (Wildman–Crippen MR) is 179 cm³/mol. The van der Waals surface area contributed by atoms with Gasteiger partial charge in [0.1, 0.15) is 0 Å². The highest BCUT2D eigenvalue weighted by Gasteiger charge is 2.10. The van der Waals surface area contributed by atoms with E-state index in [1.807, 2.05) is 0 Å². The molecule has 0 aromatic heterocycles. The highest BCUT2D eigenvalue weighted by atomic mass is 15.1. The van der Waals surface area contributed by atoms with Crippen molar-refractivity contribution in [1.29, 1.82) is 0 Å². The van der Waals surface area contributed by atoms with Crippen molar-refractivity contribution in [2.24, 2.45) is 0 Å². The van der Waals surface area contributed by atoms with Gasteiger partial charge in [-0.15, -0.1) is 0 Å². The highest BCUT2D eigenvalue weighted by Crippen LogP contribution is 2.24. The molecule has 2 nitrogen and oxygen atoms in total. The second-order valence-corrected chi connectivity index (χ2v) is 12.2. The van der Waals surface area contributed by atoms with Gasteiger partial charge in [-0.1, -0.05) is 141 Å². The van der Waals surface area contributed by atoms with Gasteiger partial charge in [0.05, 0.1) is 0 Å². The molecule has 0 aliphatic rings. The molecule has 226 valence electrons. The van der Waals surface area contributed by atoms with Crippen molar-refractivity contribution in [3.05, 3.63) is 59.7 Å². The number of benzene rings is 2. The minimum absolute atomic E-state index is 1.08. The second kappa shape index (κ2) is 23.0. The Morgan fingerprint density at radius 1 is 0.400 bits per heavy atom. The summed E-state index contributed by atoms with van der Waals surface area (Å²) < 4.78 is 0. The van der Waals surface area contributed by atoms with Gasteiger partial charge in [0, 0.05) is 13.1 Å². The predicted octanol–water partition coefficient (Wildman–Crippen LogP) is 11.3. The number of unbranched alkanes of at least 4 members (excludes halogenated alkanes) is 12. The van der Waals surface area contributed by atoms with E-state index in [0.717, 1.165) is 13.1 Å². The molecule has 2 heteroatoms. The molecule has 40 heavy (non-hydrogen) atoms. The van der Waals surface area contributed by atoms with Crippen LogP contribution in [0.4, 0.5) is 0 Å². The Balaban J connectivity index is 2.06. The lowest BCUT2D eigenvalue weighted by atomic mass is 10.0. The summed E-state index contributed by atoms with van der Waals surface area (Å²) in [6.45, 7) is 16.3. The third kappa shape index (κ3) is 15.4. The van der Waals surface area contributed by atoms with Crippen LogP contribution in [0.25, 0.3) is 11.1 Å². The van der Waals surface area contributed by atoms with Crippen LogP contribution in [0.15, 0.2) is 48.5 Å². The summed E-state index contributed by atoms with van der Waals surface area (Å²) in [4.78, 5) is 5.44. The maximum atomic E-state index is 2.72. The fourth-order valence-electron chi connectivity index (χ4n) is 5.80. The highest BCUT2D eigenvalue weighted by molar-refractivity contribution is 5.65. The SMILES string of the molecule is CCCCCCN(CCCCCC)Cc1cccc(-c2cccc(CN(CCCCCC)CCCCCC)c2)c1. The van der Waals surface area contributed by atoms with Gasteiger partial charge in [0.15, 0.2) is 0 Å². The smallest absolute Gasteiger partial charge is 0.0233 e.